The monoisotopic (exact) mass is 261 g/mol. The summed E-state index contributed by atoms with van der Waals surface area (Å²) < 4.78 is 10.4. The number of rotatable bonds is 3. The van der Waals surface area contributed by atoms with Crippen molar-refractivity contribution in [3.05, 3.63) is 23.8 Å². The summed E-state index contributed by atoms with van der Waals surface area (Å²) >= 11 is 0. The van der Waals surface area contributed by atoms with E-state index in [9.17, 15) is 0 Å². The summed E-state index contributed by atoms with van der Waals surface area (Å²) in [5.74, 6) is 1.41. The van der Waals surface area contributed by atoms with Crippen LogP contribution in [0.4, 0.5) is 6.01 Å². The lowest BCUT2D eigenvalue weighted by molar-refractivity contribution is 0.411. The predicted octanol–water partition coefficient (Wildman–Crippen LogP) is 3.26. The van der Waals surface area contributed by atoms with E-state index in [0.717, 1.165) is 16.9 Å². The zero-order chi connectivity index (χ0) is 14.0. The zero-order valence-electron chi connectivity index (χ0n) is 11.9. The lowest BCUT2D eigenvalue weighted by atomic mass is 10.1. The summed E-state index contributed by atoms with van der Waals surface area (Å²) in [6.45, 7) is 8.09. The van der Waals surface area contributed by atoms with E-state index in [1.54, 1.807) is 7.11 Å². The Hall–Kier alpha value is -2.04. The van der Waals surface area contributed by atoms with E-state index < -0.39 is 0 Å². The first-order valence-electron chi connectivity index (χ1n) is 6.16. The smallest absolute Gasteiger partial charge is 0.322 e. The molecule has 0 aliphatic heterocycles. The van der Waals surface area contributed by atoms with Crippen LogP contribution in [-0.2, 0) is 0 Å². The van der Waals surface area contributed by atoms with E-state index in [0.29, 0.717) is 11.8 Å². The van der Waals surface area contributed by atoms with Crippen LogP contribution in [0, 0.1) is 6.92 Å². The van der Waals surface area contributed by atoms with Crippen LogP contribution < -0.4 is 10.1 Å². The SMILES string of the molecule is COc1ccc(-c2noc(NC(C)(C)C)n2)cc1C. The average molecular weight is 261 g/mol. The third kappa shape index (κ3) is 3.24. The van der Waals surface area contributed by atoms with Crippen LogP contribution in [0.3, 0.4) is 0 Å². The highest BCUT2D eigenvalue weighted by atomic mass is 16.5. The number of hydrogen-bond acceptors (Lipinski definition) is 5. The summed E-state index contributed by atoms with van der Waals surface area (Å²) in [7, 11) is 1.65. The van der Waals surface area contributed by atoms with Gasteiger partial charge in [-0.15, -0.1) is 0 Å². The van der Waals surface area contributed by atoms with Gasteiger partial charge in [-0.05, 0) is 51.5 Å². The third-order valence-corrected chi connectivity index (χ3v) is 2.56. The summed E-state index contributed by atoms with van der Waals surface area (Å²) in [6.07, 6.45) is 0. The van der Waals surface area contributed by atoms with E-state index in [1.807, 2.05) is 45.9 Å². The van der Waals surface area contributed by atoms with Gasteiger partial charge in [-0.1, -0.05) is 5.16 Å². The first-order chi connectivity index (χ1) is 8.89. The summed E-state index contributed by atoms with van der Waals surface area (Å²) in [5, 5.41) is 7.12. The van der Waals surface area contributed by atoms with Crippen molar-refractivity contribution in [1.29, 1.82) is 0 Å². The fourth-order valence-electron chi connectivity index (χ4n) is 1.73. The summed E-state index contributed by atoms with van der Waals surface area (Å²) in [4.78, 5) is 4.33. The number of anilines is 1. The second kappa shape index (κ2) is 4.91. The van der Waals surface area contributed by atoms with Crippen molar-refractivity contribution in [2.75, 3.05) is 12.4 Å². The van der Waals surface area contributed by atoms with Gasteiger partial charge in [0, 0.05) is 11.1 Å². The van der Waals surface area contributed by atoms with Gasteiger partial charge in [0.2, 0.25) is 5.82 Å². The van der Waals surface area contributed by atoms with Crippen LogP contribution in [0.2, 0.25) is 0 Å². The van der Waals surface area contributed by atoms with Crippen LogP contribution in [0.5, 0.6) is 5.75 Å². The molecule has 0 amide bonds. The average Bonchev–Trinajstić information content (AvgIpc) is 2.75. The normalized spacial score (nSPS) is 11.4. The topological polar surface area (TPSA) is 60.2 Å². The van der Waals surface area contributed by atoms with E-state index in [4.69, 9.17) is 9.26 Å². The number of nitrogens with zero attached hydrogens (tertiary/aromatic N) is 2. The fourth-order valence-corrected chi connectivity index (χ4v) is 1.73. The molecule has 0 bridgehead atoms. The Morgan fingerprint density at radius 1 is 1.26 bits per heavy atom. The molecule has 0 aliphatic carbocycles. The molecule has 1 N–H and O–H groups in total. The third-order valence-electron chi connectivity index (χ3n) is 2.56. The molecule has 0 fully saturated rings. The number of aryl methyl sites for hydroxylation is 1. The highest BCUT2D eigenvalue weighted by molar-refractivity contribution is 5.59. The Balaban J connectivity index is 2.25. The van der Waals surface area contributed by atoms with Crippen LogP contribution >= 0.6 is 0 Å². The van der Waals surface area contributed by atoms with Gasteiger partial charge in [-0.25, -0.2) is 0 Å². The Morgan fingerprint density at radius 3 is 2.58 bits per heavy atom. The van der Waals surface area contributed by atoms with E-state index in [-0.39, 0.29) is 5.54 Å². The maximum atomic E-state index is 5.23. The Labute approximate surface area is 113 Å². The van der Waals surface area contributed by atoms with Crippen LogP contribution in [0.25, 0.3) is 11.4 Å². The molecule has 1 heterocycles. The van der Waals surface area contributed by atoms with Crippen molar-refractivity contribution in [2.24, 2.45) is 0 Å². The lowest BCUT2D eigenvalue weighted by Gasteiger charge is -2.17. The second-order valence-corrected chi connectivity index (χ2v) is 5.48. The number of aromatic nitrogens is 2. The van der Waals surface area contributed by atoms with Crippen molar-refractivity contribution < 1.29 is 9.26 Å². The minimum absolute atomic E-state index is 0.111. The predicted molar refractivity (Wildman–Crippen MR) is 74.4 cm³/mol. The Morgan fingerprint density at radius 2 is 2.00 bits per heavy atom. The molecule has 0 spiro atoms. The van der Waals surface area contributed by atoms with Crippen molar-refractivity contribution in [1.82, 2.24) is 10.1 Å². The Kier molecular flexibility index (Phi) is 3.46. The largest absolute Gasteiger partial charge is 0.496 e. The van der Waals surface area contributed by atoms with Gasteiger partial charge in [0.05, 0.1) is 7.11 Å². The molecule has 5 nitrogen and oxygen atoms in total. The first kappa shape index (κ1) is 13.4. The Bertz CT molecular complexity index is 570. The van der Waals surface area contributed by atoms with Gasteiger partial charge in [0.25, 0.3) is 0 Å². The number of ether oxygens (including phenoxy) is 1. The molecule has 0 aliphatic rings. The van der Waals surface area contributed by atoms with Crippen LogP contribution in [-0.4, -0.2) is 22.8 Å². The van der Waals surface area contributed by atoms with E-state index >= 15 is 0 Å². The summed E-state index contributed by atoms with van der Waals surface area (Å²) in [5.41, 5.74) is 1.83. The number of hydrogen-bond donors (Lipinski definition) is 1. The molecule has 0 atom stereocenters. The molecule has 102 valence electrons. The summed E-state index contributed by atoms with van der Waals surface area (Å²) in [6, 6.07) is 6.22. The standard InChI is InChI=1S/C14H19N3O2/c1-9-8-10(6-7-11(9)18-5)12-15-13(19-17-12)16-14(2,3)4/h6-8H,1-5H3,(H,15,16,17). The van der Waals surface area contributed by atoms with Gasteiger partial charge < -0.3 is 14.6 Å². The van der Waals surface area contributed by atoms with Gasteiger partial charge in [-0.2, -0.15) is 4.98 Å². The molecule has 5 heteroatoms. The van der Waals surface area contributed by atoms with Gasteiger partial charge >= 0.3 is 6.01 Å². The second-order valence-electron chi connectivity index (χ2n) is 5.48. The van der Waals surface area contributed by atoms with Crippen molar-refractivity contribution in [3.8, 4) is 17.1 Å². The van der Waals surface area contributed by atoms with E-state index in [2.05, 4.69) is 15.5 Å². The van der Waals surface area contributed by atoms with Gasteiger partial charge in [0.1, 0.15) is 5.75 Å². The number of methoxy groups -OCH3 is 1. The maximum Gasteiger partial charge on any atom is 0.322 e. The van der Waals surface area contributed by atoms with Gasteiger partial charge in [0.15, 0.2) is 0 Å². The molecular formula is C14H19N3O2. The first-order valence-corrected chi connectivity index (χ1v) is 6.16. The molecular weight excluding hydrogens is 242 g/mol. The highest BCUT2D eigenvalue weighted by Crippen LogP contribution is 2.25. The van der Waals surface area contributed by atoms with E-state index in [1.165, 1.54) is 0 Å². The molecule has 0 saturated heterocycles. The molecule has 2 aromatic rings. The maximum absolute atomic E-state index is 5.23. The zero-order valence-corrected chi connectivity index (χ0v) is 11.9. The minimum Gasteiger partial charge on any atom is -0.496 e. The van der Waals surface area contributed by atoms with Crippen molar-refractivity contribution in [2.45, 2.75) is 33.2 Å². The highest BCUT2D eigenvalue weighted by Gasteiger charge is 2.15. The quantitative estimate of drug-likeness (QED) is 0.918. The van der Waals surface area contributed by atoms with Crippen molar-refractivity contribution >= 4 is 6.01 Å². The number of benzene rings is 1. The lowest BCUT2D eigenvalue weighted by Crippen LogP contribution is -2.26. The van der Waals surface area contributed by atoms with Crippen molar-refractivity contribution in [3.63, 3.8) is 0 Å². The molecule has 2 rings (SSSR count). The molecule has 19 heavy (non-hydrogen) atoms. The van der Waals surface area contributed by atoms with Crippen LogP contribution in [0.15, 0.2) is 22.7 Å². The molecule has 0 radical (unpaired) electrons. The molecule has 0 unspecified atom stereocenters. The fraction of sp³-hybridized carbons (Fsp3) is 0.429. The number of nitrogens with one attached hydrogen (secondary N) is 1. The van der Waals surface area contributed by atoms with Crippen LogP contribution in [0.1, 0.15) is 26.3 Å². The molecule has 1 aromatic carbocycles. The minimum atomic E-state index is -0.111. The van der Waals surface area contributed by atoms with Gasteiger partial charge in [-0.3, -0.25) is 0 Å². The molecule has 0 saturated carbocycles. The molecule has 1 aromatic heterocycles.